The van der Waals surface area contributed by atoms with Crippen molar-refractivity contribution in [2.24, 2.45) is 11.3 Å². The van der Waals surface area contributed by atoms with E-state index < -0.39 is 10.1 Å². The van der Waals surface area contributed by atoms with Crippen LogP contribution >= 0.6 is 0 Å². The van der Waals surface area contributed by atoms with E-state index in [4.69, 9.17) is 4.18 Å². The molecule has 0 atom stereocenters. The Morgan fingerprint density at radius 1 is 1.12 bits per heavy atom. The first kappa shape index (κ1) is 14.0. The third kappa shape index (κ3) is 5.85. The van der Waals surface area contributed by atoms with E-state index in [0.717, 1.165) is 37.9 Å². The highest BCUT2D eigenvalue weighted by molar-refractivity contribution is 7.86. The normalized spacial score (nSPS) is 28.0. The van der Waals surface area contributed by atoms with Crippen molar-refractivity contribution in [3.8, 4) is 0 Å². The Labute approximate surface area is 99.7 Å². The van der Waals surface area contributed by atoms with Crippen molar-refractivity contribution in [1.29, 1.82) is 0 Å². The highest BCUT2D eigenvalue weighted by Gasteiger charge is 2.27. The quantitative estimate of drug-likeness (QED) is 0.721. The van der Waals surface area contributed by atoms with Crippen LogP contribution in [-0.2, 0) is 14.3 Å². The summed E-state index contributed by atoms with van der Waals surface area (Å²) in [6.45, 7) is 6.77. The Hall–Kier alpha value is -0.0900. The van der Waals surface area contributed by atoms with Gasteiger partial charge >= 0.3 is 0 Å². The molecule has 1 fully saturated rings. The van der Waals surface area contributed by atoms with Crippen molar-refractivity contribution >= 4 is 10.1 Å². The Balaban J connectivity index is 2.34. The summed E-state index contributed by atoms with van der Waals surface area (Å²) in [4.78, 5) is 0. The van der Waals surface area contributed by atoms with Crippen molar-refractivity contribution in [2.75, 3.05) is 6.26 Å². The fourth-order valence-corrected chi connectivity index (χ4v) is 3.23. The molecule has 0 saturated heterocycles. The molecule has 1 rings (SSSR count). The summed E-state index contributed by atoms with van der Waals surface area (Å²) in [5, 5.41) is 0. The van der Waals surface area contributed by atoms with Gasteiger partial charge in [-0.05, 0) is 43.4 Å². The second kappa shape index (κ2) is 5.05. The third-order valence-corrected chi connectivity index (χ3v) is 3.63. The van der Waals surface area contributed by atoms with Gasteiger partial charge in [0.1, 0.15) is 0 Å². The number of rotatable bonds is 3. The van der Waals surface area contributed by atoms with Crippen LogP contribution in [0.3, 0.4) is 0 Å². The standard InChI is InChI=1S/C12H24O3S/c1-12(2,3)9-10-5-7-11(8-6-10)15-16(4,13)14/h10-11H,5-9H2,1-4H3. The fraction of sp³-hybridized carbons (Fsp3) is 1.00. The molecule has 0 unspecified atom stereocenters. The maximum atomic E-state index is 11.0. The van der Waals surface area contributed by atoms with Crippen molar-refractivity contribution in [1.82, 2.24) is 0 Å². The summed E-state index contributed by atoms with van der Waals surface area (Å²) in [6.07, 6.45) is 6.23. The van der Waals surface area contributed by atoms with Crippen molar-refractivity contribution in [3.05, 3.63) is 0 Å². The van der Waals surface area contributed by atoms with E-state index >= 15 is 0 Å². The number of hydrogen-bond acceptors (Lipinski definition) is 3. The van der Waals surface area contributed by atoms with Crippen LogP contribution in [0.2, 0.25) is 0 Å². The average Bonchev–Trinajstić information content (AvgIpc) is 2.03. The summed E-state index contributed by atoms with van der Waals surface area (Å²) in [6, 6.07) is 0. The zero-order chi connectivity index (χ0) is 12.4. The van der Waals surface area contributed by atoms with Crippen LogP contribution in [0.4, 0.5) is 0 Å². The molecule has 3 nitrogen and oxygen atoms in total. The van der Waals surface area contributed by atoms with E-state index in [2.05, 4.69) is 20.8 Å². The smallest absolute Gasteiger partial charge is 0.264 e. The summed E-state index contributed by atoms with van der Waals surface area (Å²) >= 11 is 0. The molecule has 1 aliphatic carbocycles. The molecule has 0 heterocycles. The van der Waals surface area contributed by atoms with Gasteiger partial charge in [0.25, 0.3) is 10.1 Å². The molecule has 4 heteroatoms. The summed E-state index contributed by atoms with van der Waals surface area (Å²) in [5.74, 6) is 0.736. The zero-order valence-electron chi connectivity index (χ0n) is 10.8. The topological polar surface area (TPSA) is 43.4 Å². The lowest BCUT2D eigenvalue weighted by Gasteiger charge is -2.32. The number of hydrogen-bond donors (Lipinski definition) is 0. The lowest BCUT2D eigenvalue weighted by Crippen LogP contribution is -2.26. The van der Waals surface area contributed by atoms with Gasteiger partial charge in [0.2, 0.25) is 0 Å². The first-order valence-corrected chi connectivity index (χ1v) is 7.86. The molecule has 1 saturated carbocycles. The van der Waals surface area contributed by atoms with Crippen LogP contribution in [0.1, 0.15) is 52.9 Å². The van der Waals surface area contributed by atoms with Gasteiger partial charge in [-0.2, -0.15) is 8.42 Å². The SMILES string of the molecule is CC(C)(C)CC1CCC(OS(C)(=O)=O)CC1. The third-order valence-electron chi connectivity index (χ3n) is 3.01. The Morgan fingerprint density at radius 3 is 2.00 bits per heavy atom. The summed E-state index contributed by atoms with van der Waals surface area (Å²) < 4.78 is 27.0. The Bertz CT molecular complexity index is 306. The van der Waals surface area contributed by atoms with Crippen LogP contribution in [-0.4, -0.2) is 20.8 Å². The molecule has 0 aliphatic heterocycles. The van der Waals surface area contributed by atoms with E-state index in [0.29, 0.717) is 5.41 Å². The van der Waals surface area contributed by atoms with Crippen LogP contribution in [0.5, 0.6) is 0 Å². The van der Waals surface area contributed by atoms with Crippen LogP contribution in [0.15, 0.2) is 0 Å². The van der Waals surface area contributed by atoms with Crippen LogP contribution in [0, 0.1) is 11.3 Å². The molecule has 0 radical (unpaired) electrons. The predicted molar refractivity (Wildman–Crippen MR) is 65.7 cm³/mol. The Kier molecular flexibility index (Phi) is 4.41. The van der Waals surface area contributed by atoms with E-state index in [1.807, 2.05) is 0 Å². The molecule has 0 aromatic carbocycles. The molecule has 0 spiro atoms. The highest BCUT2D eigenvalue weighted by Crippen LogP contribution is 2.35. The van der Waals surface area contributed by atoms with E-state index in [1.54, 1.807) is 0 Å². The van der Waals surface area contributed by atoms with Gasteiger partial charge in [0, 0.05) is 0 Å². The molecule has 96 valence electrons. The summed E-state index contributed by atoms with van der Waals surface area (Å²) in [7, 11) is -3.28. The van der Waals surface area contributed by atoms with E-state index in [-0.39, 0.29) is 6.10 Å². The maximum absolute atomic E-state index is 11.0. The van der Waals surface area contributed by atoms with Gasteiger partial charge in [0.15, 0.2) is 0 Å². The van der Waals surface area contributed by atoms with Crippen molar-refractivity contribution in [3.63, 3.8) is 0 Å². The molecule has 0 aromatic heterocycles. The van der Waals surface area contributed by atoms with Gasteiger partial charge < -0.3 is 0 Å². The second-order valence-electron chi connectivity index (χ2n) is 6.21. The lowest BCUT2D eigenvalue weighted by atomic mass is 9.77. The minimum atomic E-state index is -3.28. The van der Waals surface area contributed by atoms with Gasteiger partial charge in [-0.1, -0.05) is 20.8 Å². The lowest BCUT2D eigenvalue weighted by molar-refractivity contribution is 0.121. The maximum Gasteiger partial charge on any atom is 0.264 e. The molecular weight excluding hydrogens is 224 g/mol. The average molecular weight is 248 g/mol. The molecule has 16 heavy (non-hydrogen) atoms. The van der Waals surface area contributed by atoms with E-state index in [9.17, 15) is 8.42 Å². The molecule has 0 amide bonds. The second-order valence-corrected chi connectivity index (χ2v) is 7.81. The molecule has 0 N–H and O–H groups in total. The Morgan fingerprint density at radius 2 is 1.62 bits per heavy atom. The van der Waals surface area contributed by atoms with Crippen molar-refractivity contribution in [2.45, 2.75) is 59.0 Å². The minimum absolute atomic E-state index is 0.0776. The molecule has 1 aliphatic rings. The highest BCUT2D eigenvalue weighted by atomic mass is 32.2. The summed E-state index contributed by atoms with van der Waals surface area (Å²) in [5.41, 5.74) is 0.370. The first-order valence-electron chi connectivity index (χ1n) is 6.04. The predicted octanol–water partition coefficient (Wildman–Crippen LogP) is 2.96. The fourth-order valence-electron chi connectivity index (χ4n) is 2.55. The van der Waals surface area contributed by atoms with Crippen molar-refractivity contribution < 1.29 is 12.6 Å². The van der Waals surface area contributed by atoms with Crippen LogP contribution < -0.4 is 0 Å². The van der Waals surface area contributed by atoms with Gasteiger partial charge in [-0.3, -0.25) is 4.18 Å². The largest absolute Gasteiger partial charge is 0.267 e. The molecular formula is C12H24O3S. The molecule has 0 aromatic rings. The zero-order valence-corrected chi connectivity index (χ0v) is 11.6. The monoisotopic (exact) mass is 248 g/mol. The van der Waals surface area contributed by atoms with Gasteiger partial charge in [0.05, 0.1) is 12.4 Å². The minimum Gasteiger partial charge on any atom is -0.267 e. The van der Waals surface area contributed by atoms with Crippen LogP contribution in [0.25, 0.3) is 0 Å². The van der Waals surface area contributed by atoms with Gasteiger partial charge in [-0.15, -0.1) is 0 Å². The van der Waals surface area contributed by atoms with E-state index in [1.165, 1.54) is 6.42 Å². The van der Waals surface area contributed by atoms with Gasteiger partial charge in [-0.25, -0.2) is 0 Å². The molecule has 0 bridgehead atoms. The first-order chi connectivity index (χ1) is 7.16.